The lowest BCUT2D eigenvalue weighted by Gasteiger charge is -2.32. The van der Waals surface area contributed by atoms with Gasteiger partial charge in [0.2, 0.25) is 0 Å². The molecule has 0 heterocycles. The average Bonchev–Trinajstić information content (AvgIpc) is 3.32. The molecular weight excluding hydrogens is 448 g/mol. The first-order valence-corrected chi connectivity index (χ1v) is 13.8. The minimum absolute atomic E-state index is 0.113. The lowest BCUT2D eigenvalue weighted by Crippen LogP contribution is -2.19. The van der Waals surface area contributed by atoms with E-state index in [0.717, 1.165) is 71.9 Å². The predicted octanol–water partition coefficient (Wildman–Crippen LogP) is 6.86. The first-order valence-electron chi connectivity index (χ1n) is 13.8. The number of hydrogen-bond donors (Lipinski definition) is 4. The Kier molecular flexibility index (Phi) is 9.16. The van der Waals surface area contributed by atoms with E-state index in [1.54, 1.807) is 0 Å². The van der Waals surface area contributed by atoms with Crippen molar-refractivity contribution < 1.29 is 20.4 Å². The number of aliphatic hydroxyl groups is 2. The number of aryl methyl sites for hydroxylation is 2. The van der Waals surface area contributed by atoms with E-state index in [4.69, 9.17) is 0 Å². The van der Waals surface area contributed by atoms with Crippen molar-refractivity contribution in [2.24, 2.45) is 5.92 Å². The highest BCUT2D eigenvalue weighted by molar-refractivity contribution is 5.57. The fourth-order valence-electron chi connectivity index (χ4n) is 5.88. The van der Waals surface area contributed by atoms with Gasteiger partial charge in [-0.25, -0.2) is 0 Å². The van der Waals surface area contributed by atoms with Crippen molar-refractivity contribution >= 4 is 0 Å². The van der Waals surface area contributed by atoms with Crippen LogP contribution >= 0.6 is 0 Å². The van der Waals surface area contributed by atoms with Crippen LogP contribution in [-0.2, 0) is 23.7 Å². The van der Waals surface area contributed by atoms with Gasteiger partial charge in [-0.2, -0.15) is 0 Å². The predicted molar refractivity (Wildman–Crippen MR) is 148 cm³/mol. The fourth-order valence-corrected chi connectivity index (χ4v) is 5.88. The molecule has 1 fully saturated rings. The van der Waals surface area contributed by atoms with Crippen LogP contribution in [0.3, 0.4) is 0 Å². The van der Waals surface area contributed by atoms with Gasteiger partial charge in [-0.1, -0.05) is 78.6 Å². The van der Waals surface area contributed by atoms with E-state index in [-0.39, 0.29) is 30.0 Å². The van der Waals surface area contributed by atoms with Crippen molar-refractivity contribution in [1.29, 1.82) is 0 Å². The third-order valence-electron chi connectivity index (χ3n) is 7.80. The molecule has 1 aliphatic carbocycles. The molecule has 1 saturated carbocycles. The molecule has 1 aliphatic rings. The van der Waals surface area contributed by atoms with Crippen molar-refractivity contribution in [3.8, 4) is 11.5 Å². The molecule has 200 valence electrons. The van der Waals surface area contributed by atoms with Crippen molar-refractivity contribution in [3.05, 3.63) is 57.6 Å². The van der Waals surface area contributed by atoms with Crippen molar-refractivity contribution in [1.82, 2.24) is 0 Å². The summed E-state index contributed by atoms with van der Waals surface area (Å²) in [5, 5.41) is 42.4. The van der Waals surface area contributed by atoms with Crippen LogP contribution in [0.15, 0.2) is 24.3 Å². The summed E-state index contributed by atoms with van der Waals surface area (Å²) in [6, 6.07) is 8.44. The minimum Gasteiger partial charge on any atom is -0.507 e. The number of phenolic OH excluding ortho intramolecular Hbond substituents is 2. The SMILES string of the molecule is CC(C)(C)c1cc(CCCO)cc(C(c2cc(CCCO)cc(C(C)(C)C)c2O)C2CCCC2)c1O. The Morgan fingerprint density at radius 2 is 1.08 bits per heavy atom. The number of aliphatic hydroxyl groups excluding tert-OH is 2. The highest BCUT2D eigenvalue weighted by atomic mass is 16.3. The lowest BCUT2D eigenvalue weighted by atomic mass is 9.73. The van der Waals surface area contributed by atoms with E-state index in [9.17, 15) is 20.4 Å². The summed E-state index contributed by atoms with van der Waals surface area (Å²) in [5.74, 6) is 0.899. The van der Waals surface area contributed by atoms with Crippen LogP contribution in [0, 0.1) is 5.92 Å². The Hall–Kier alpha value is -2.04. The maximum absolute atomic E-state index is 11.7. The second-order valence-electron chi connectivity index (χ2n) is 12.8. The highest BCUT2D eigenvalue weighted by Crippen LogP contribution is 2.51. The van der Waals surface area contributed by atoms with Crippen LogP contribution in [0.1, 0.15) is 119 Å². The van der Waals surface area contributed by atoms with E-state index >= 15 is 0 Å². The average molecular weight is 497 g/mol. The molecule has 0 spiro atoms. The van der Waals surface area contributed by atoms with Gasteiger partial charge in [0.25, 0.3) is 0 Å². The first kappa shape index (κ1) is 28.5. The van der Waals surface area contributed by atoms with Gasteiger partial charge >= 0.3 is 0 Å². The van der Waals surface area contributed by atoms with E-state index in [2.05, 4.69) is 65.8 Å². The Morgan fingerprint density at radius 1 is 0.694 bits per heavy atom. The van der Waals surface area contributed by atoms with Gasteiger partial charge in [-0.15, -0.1) is 0 Å². The summed E-state index contributed by atoms with van der Waals surface area (Å²) in [6.07, 6.45) is 7.32. The van der Waals surface area contributed by atoms with Gasteiger partial charge in [-0.3, -0.25) is 0 Å². The van der Waals surface area contributed by atoms with Gasteiger partial charge < -0.3 is 20.4 Å². The Balaban J connectivity index is 2.31. The molecule has 0 aromatic heterocycles. The highest BCUT2D eigenvalue weighted by Gasteiger charge is 2.35. The monoisotopic (exact) mass is 496 g/mol. The zero-order valence-corrected chi connectivity index (χ0v) is 23.3. The van der Waals surface area contributed by atoms with Gasteiger partial charge in [0, 0.05) is 30.3 Å². The molecule has 4 heteroatoms. The maximum atomic E-state index is 11.7. The topological polar surface area (TPSA) is 80.9 Å². The minimum atomic E-state index is -0.240. The van der Waals surface area contributed by atoms with Gasteiger partial charge in [0.1, 0.15) is 11.5 Å². The Bertz CT molecular complexity index is 944. The van der Waals surface area contributed by atoms with Crippen molar-refractivity contribution in [2.75, 3.05) is 13.2 Å². The summed E-state index contributed by atoms with van der Waals surface area (Å²) in [6.45, 7) is 13.0. The van der Waals surface area contributed by atoms with Crippen LogP contribution in [0.2, 0.25) is 0 Å². The second-order valence-corrected chi connectivity index (χ2v) is 12.8. The molecule has 0 radical (unpaired) electrons. The molecule has 0 bridgehead atoms. The molecular formula is C32H48O4. The van der Waals surface area contributed by atoms with Gasteiger partial charge in [0.05, 0.1) is 0 Å². The third kappa shape index (κ3) is 6.44. The maximum Gasteiger partial charge on any atom is 0.123 e. The largest absolute Gasteiger partial charge is 0.507 e. The summed E-state index contributed by atoms with van der Waals surface area (Å²) < 4.78 is 0. The zero-order valence-electron chi connectivity index (χ0n) is 23.3. The third-order valence-corrected chi connectivity index (χ3v) is 7.80. The normalized spacial score (nSPS) is 15.2. The fraction of sp³-hybridized carbons (Fsp3) is 0.625. The molecule has 0 saturated heterocycles. The standard InChI is InChI=1S/C32H48O4/c1-31(2,3)26-19-21(11-9-15-33)17-24(29(26)35)28(23-13-7-8-14-23)25-18-22(12-10-16-34)20-27(30(25)36)32(4,5)6/h17-20,23,28,33-36H,7-16H2,1-6H3. The number of phenols is 2. The van der Waals surface area contributed by atoms with Crippen molar-refractivity contribution in [3.63, 3.8) is 0 Å². The van der Waals surface area contributed by atoms with Crippen molar-refractivity contribution in [2.45, 2.75) is 110 Å². The molecule has 4 nitrogen and oxygen atoms in total. The molecule has 36 heavy (non-hydrogen) atoms. The van der Waals surface area contributed by atoms with Gasteiger partial charge in [-0.05, 0) is 77.5 Å². The van der Waals surface area contributed by atoms with Crippen LogP contribution in [0.25, 0.3) is 0 Å². The van der Waals surface area contributed by atoms with Crippen LogP contribution < -0.4 is 0 Å². The number of aromatic hydroxyl groups is 2. The number of benzene rings is 2. The summed E-state index contributed by atoms with van der Waals surface area (Å²) in [7, 11) is 0. The Labute approximate surface area is 218 Å². The molecule has 3 rings (SSSR count). The molecule has 4 N–H and O–H groups in total. The smallest absolute Gasteiger partial charge is 0.123 e. The van der Waals surface area contributed by atoms with E-state index in [1.807, 2.05) is 0 Å². The summed E-state index contributed by atoms with van der Waals surface area (Å²) >= 11 is 0. The molecule has 2 aromatic carbocycles. The second kappa shape index (κ2) is 11.6. The quantitative estimate of drug-likeness (QED) is 0.305. The molecule has 0 aliphatic heterocycles. The molecule has 0 atom stereocenters. The van der Waals surface area contributed by atoms with Gasteiger partial charge in [0.15, 0.2) is 0 Å². The van der Waals surface area contributed by atoms with E-state index in [1.165, 1.54) is 0 Å². The van der Waals surface area contributed by atoms with E-state index in [0.29, 0.717) is 30.3 Å². The molecule has 2 aromatic rings. The van der Waals surface area contributed by atoms with E-state index < -0.39 is 0 Å². The molecule has 0 amide bonds. The Morgan fingerprint density at radius 3 is 1.42 bits per heavy atom. The van der Waals surface area contributed by atoms with Crippen LogP contribution in [0.5, 0.6) is 11.5 Å². The van der Waals surface area contributed by atoms with Crippen LogP contribution in [-0.4, -0.2) is 33.6 Å². The molecule has 0 unspecified atom stereocenters. The summed E-state index contributed by atoms with van der Waals surface area (Å²) in [5.41, 5.74) is 5.40. The van der Waals surface area contributed by atoms with Crippen LogP contribution in [0.4, 0.5) is 0 Å². The first-order chi connectivity index (χ1) is 16.9. The number of hydrogen-bond acceptors (Lipinski definition) is 4. The zero-order chi connectivity index (χ0) is 26.7. The number of rotatable bonds is 9. The summed E-state index contributed by atoms with van der Waals surface area (Å²) in [4.78, 5) is 0. The lowest BCUT2D eigenvalue weighted by molar-refractivity contribution is 0.288.